The number of benzene rings is 2. The zero-order valence-corrected chi connectivity index (χ0v) is 10.3. The third kappa shape index (κ3) is 6.61. The molecule has 0 aliphatic carbocycles. The first-order valence-corrected chi connectivity index (χ1v) is 4.27. The number of rotatable bonds is 0. The molecule has 0 saturated heterocycles. The molecule has 2 nitrogen and oxygen atoms in total. The maximum absolute atomic E-state index is 8.63. The Morgan fingerprint density at radius 2 is 0.800 bits per heavy atom. The molecule has 0 radical (unpaired) electrons. The van der Waals surface area contributed by atoms with Crippen molar-refractivity contribution in [2.75, 3.05) is 0 Å². The number of para-hydroxylation sites is 2. The van der Waals surface area contributed by atoms with Crippen molar-refractivity contribution < 1.29 is 10.2 Å². The molecule has 0 unspecified atom stereocenters. The van der Waals surface area contributed by atoms with E-state index >= 15 is 0 Å². The fourth-order valence-electron chi connectivity index (χ4n) is 0.856. The standard InChI is InChI=1S/2C6H6O.H2Se/c2*7-6-4-2-1-3-5-6;/h2*1-5,7H;1H2. The quantitative estimate of drug-likeness (QED) is 0.717. The van der Waals surface area contributed by atoms with E-state index in [-0.39, 0.29) is 17.1 Å². The maximum atomic E-state index is 8.63. The molecule has 3 heteroatoms. The van der Waals surface area contributed by atoms with Crippen molar-refractivity contribution in [2.45, 2.75) is 0 Å². The molecule has 80 valence electrons. The first-order valence-electron chi connectivity index (χ1n) is 4.27. The van der Waals surface area contributed by atoms with Crippen LogP contribution >= 0.6 is 0 Å². The number of phenols is 2. The van der Waals surface area contributed by atoms with Crippen LogP contribution in [0.1, 0.15) is 0 Å². The molecule has 0 amide bonds. The average molecular weight is 269 g/mol. The Labute approximate surface area is 99.7 Å². The molecule has 2 rings (SSSR count). The molecule has 0 aliphatic heterocycles. The summed E-state index contributed by atoms with van der Waals surface area (Å²) in [5, 5.41) is 17.3. The Morgan fingerprint density at radius 3 is 0.933 bits per heavy atom. The second kappa shape index (κ2) is 7.92. The topological polar surface area (TPSA) is 40.5 Å². The Hall–Kier alpha value is -1.44. The number of hydrogen-bond donors (Lipinski definition) is 2. The molecule has 0 atom stereocenters. The van der Waals surface area contributed by atoms with E-state index in [1.54, 1.807) is 48.5 Å². The van der Waals surface area contributed by atoms with Crippen LogP contribution in [0.4, 0.5) is 0 Å². The predicted octanol–water partition coefficient (Wildman–Crippen LogP) is 1.87. The number of hydrogen-bond acceptors (Lipinski definition) is 2. The van der Waals surface area contributed by atoms with Crippen molar-refractivity contribution in [1.82, 2.24) is 0 Å². The molecular weight excluding hydrogens is 255 g/mol. The molecule has 15 heavy (non-hydrogen) atoms. The van der Waals surface area contributed by atoms with Gasteiger partial charge >= 0.3 is 17.1 Å². The van der Waals surface area contributed by atoms with Crippen LogP contribution in [-0.2, 0) is 0 Å². The van der Waals surface area contributed by atoms with Crippen molar-refractivity contribution in [2.24, 2.45) is 0 Å². The van der Waals surface area contributed by atoms with Gasteiger partial charge in [-0.15, -0.1) is 0 Å². The zero-order valence-electron chi connectivity index (χ0n) is 8.17. The van der Waals surface area contributed by atoms with Gasteiger partial charge in [-0.25, -0.2) is 0 Å². The van der Waals surface area contributed by atoms with Gasteiger partial charge in [0.05, 0.1) is 0 Å². The molecule has 2 aromatic carbocycles. The van der Waals surface area contributed by atoms with Crippen LogP contribution in [0.3, 0.4) is 0 Å². The minimum atomic E-state index is 0. The Kier molecular flexibility index (Phi) is 7.16. The van der Waals surface area contributed by atoms with Gasteiger partial charge in [0.1, 0.15) is 11.5 Å². The van der Waals surface area contributed by atoms with E-state index in [0.717, 1.165) is 0 Å². The van der Waals surface area contributed by atoms with Gasteiger partial charge < -0.3 is 10.2 Å². The van der Waals surface area contributed by atoms with Crippen LogP contribution in [0.5, 0.6) is 11.5 Å². The average Bonchev–Trinajstić information content (AvgIpc) is 2.21. The van der Waals surface area contributed by atoms with Gasteiger partial charge in [-0.05, 0) is 24.3 Å². The second-order valence-corrected chi connectivity index (χ2v) is 2.67. The van der Waals surface area contributed by atoms with Crippen molar-refractivity contribution in [1.29, 1.82) is 0 Å². The summed E-state index contributed by atoms with van der Waals surface area (Å²) < 4.78 is 0. The third-order valence-electron chi connectivity index (χ3n) is 1.51. The molecule has 0 fully saturated rings. The summed E-state index contributed by atoms with van der Waals surface area (Å²) in [7, 11) is 0. The molecule has 0 aromatic heterocycles. The van der Waals surface area contributed by atoms with Gasteiger partial charge in [-0.2, -0.15) is 0 Å². The molecule has 2 N–H and O–H groups in total. The van der Waals surface area contributed by atoms with Crippen molar-refractivity contribution in [3.8, 4) is 11.5 Å². The van der Waals surface area contributed by atoms with E-state index in [4.69, 9.17) is 10.2 Å². The monoisotopic (exact) mass is 270 g/mol. The Morgan fingerprint density at radius 1 is 0.533 bits per heavy atom. The van der Waals surface area contributed by atoms with E-state index in [2.05, 4.69) is 0 Å². The molecule has 0 heterocycles. The van der Waals surface area contributed by atoms with Crippen molar-refractivity contribution >= 4 is 17.1 Å². The zero-order chi connectivity index (χ0) is 10.2. The minimum absolute atomic E-state index is 0. The van der Waals surface area contributed by atoms with Crippen LogP contribution in [0, 0.1) is 0 Å². The van der Waals surface area contributed by atoms with Crippen LogP contribution < -0.4 is 0 Å². The summed E-state index contributed by atoms with van der Waals surface area (Å²) in [6.07, 6.45) is 0. The molecule has 0 spiro atoms. The predicted molar refractivity (Wildman–Crippen MR) is 64.8 cm³/mol. The molecule has 0 aliphatic rings. The summed E-state index contributed by atoms with van der Waals surface area (Å²) in [5.74, 6) is 0.644. The van der Waals surface area contributed by atoms with Gasteiger partial charge in [0.15, 0.2) is 0 Å². The summed E-state index contributed by atoms with van der Waals surface area (Å²) in [5.41, 5.74) is 0. The van der Waals surface area contributed by atoms with E-state index < -0.39 is 0 Å². The van der Waals surface area contributed by atoms with Gasteiger partial charge in [-0.3, -0.25) is 0 Å². The van der Waals surface area contributed by atoms with E-state index in [1.165, 1.54) is 0 Å². The van der Waals surface area contributed by atoms with Crippen LogP contribution in [0.2, 0.25) is 0 Å². The molecular formula is C12H14O2Se. The van der Waals surface area contributed by atoms with Gasteiger partial charge in [0.2, 0.25) is 0 Å². The first-order chi connectivity index (χ1) is 6.79. The SMILES string of the molecule is Oc1ccccc1.Oc1ccccc1.[SeH2]. The fraction of sp³-hybridized carbons (Fsp3) is 0. The second-order valence-electron chi connectivity index (χ2n) is 2.67. The summed E-state index contributed by atoms with van der Waals surface area (Å²) in [6, 6.07) is 17.4. The van der Waals surface area contributed by atoms with Gasteiger partial charge in [0.25, 0.3) is 0 Å². The Balaban J connectivity index is 0.000000245. The molecule has 0 saturated carbocycles. The van der Waals surface area contributed by atoms with E-state index in [0.29, 0.717) is 11.5 Å². The van der Waals surface area contributed by atoms with Crippen molar-refractivity contribution in [3.05, 3.63) is 60.7 Å². The Bertz CT molecular complexity index is 311. The van der Waals surface area contributed by atoms with E-state index in [9.17, 15) is 0 Å². The van der Waals surface area contributed by atoms with Crippen molar-refractivity contribution in [3.63, 3.8) is 0 Å². The summed E-state index contributed by atoms with van der Waals surface area (Å²) in [6.45, 7) is 0. The van der Waals surface area contributed by atoms with Gasteiger partial charge in [0, 0.05) is 0 Å². The summed E-state index contributed by atoms with van der Waals surface area (Å²) in [4.78, 5) is 0. The number of aromatic hydroxyl groups is 2. The molecule has 0 bridgehead atoms. The van der Waals surface area contributed by atoms with Gasteiger partial charge in [-0.1, -0.05) is 36.4 Å². The van der Waals surface area contributed by atoms with Crippen LogP contribution in [-0.4, -0.2) is 27.3 Å². The normalized spacial score (nSPS) is 8.00. The fourth-order valence-corrected chi connectivity index (χ4v) is 0.856. The first kappa shape index (κ1) is 13.6. The van der Waals surface area contributed by atoms with E-state index in [1.807, 2.05) is 12.1 Å². The third-order valence-corrected chi connectivity index (χ3v) is 1.51. The summed E-state index contributed by atoms with van der Waals surface area (Å²) >= 11 is 0. The number of phenolic OH excluding ortho intramolecular Hbond substituents is 2. The van der Waals surface area contributed by atoms with Crippen LogP contribution in [0.15, 0.2) is 60.7 Å². The van der Waals surface area contributed by atoms with Crippen LogP contribution in [0.25, 0.3) is 0 Å². The molecule has 2 aromatic rings.